The lowest BCUT2D eigenvalue weighted by molar-refractivity contribution is 0.0435. The quantitative estimate of drug-likeness (QED) is 0.656. The molecule has 3 aliphatic rings. The van der Waals surface area contributed by atoms with Crippen molar-refractivity contribution in [2.75, 3.05) is 32.8 Å². The van der Waals surface area contributed by atoms with E-state index in [0.29, 0.717) is 20.4 Å². The third kappa shape index (κ3) is 4.98. The van der Waals surface area contributed by atoms with E-state index in [9.17, 15) is 8.42 Å². The number of thiophene rings is 1. The van der Waals surface area contributed by atoms with Gasteiger partial charge in [-0.25, -0.2) is 13.1 Å². The summed E-state index contributed by atoms with van der Waals surface area (Å²) in [5, 5.41) is 0. The van der Waals surface area contributed by atoms with Crippen LogP contribution in [0.5, 0.6) is 0 Å². The van der Waals surface area contributed by atoms with Crippen LogP contribution in [0, 0.1) is 11.8 Å². The van der Waals surface area contributed by atoms with Gasteiger partial charge in [0.25, 0.3) is 0 Å². The molecule has 0 radical (unpaired) electrons. The molecule has 2 aliphatic carbocycles. The molecule has 1 aliphatic heterocycles. The first-order valence-electron chi connectivity index (χ1n) is 11.3. The van der Waals surface area contributed by atoms with E-state index in [0.717, 1.165) is 69.9 Å². The predicted octanol–water partition coefficient (Wildman–Crippen LogP) is 4.22. The van der Waals surface area contributed by atoms with Gasteiger partial charge in [-0.1, -0.05) is 42.0 Å². The van der Waals surface area contributed by atoms with E-state index in [2.05, 4.69) is 40.0 Å². The third-order valence-electron chi connectivity index (χ3n) is 7.00. The highest BCUT2D eigenvalue weighted by atomic mass is 35.5. The van der Waals surface area contributed by atoms with Gasteiger partial charge >= 0.3 is 0 Å². The standard InChI is InChI=1S/C24H29ClN2O3S2/c25-22-7-8-23(31-22)32(28,29)26-24-19-5-6-20(24)16-21-14-17(3-4-18(21)15-19)2-1-9-27-10-12-30-13-11-27/h1-4,7-8,14,19-20,24,26H,5-6,9-13,15-16H2/b2-1+/t19-,20+,24-/m0/s1. The number of nitrogens with one attached hydrogen (secondary N) is 1. The molecule has 0 spiro atoms. The lowest BCUT2D eigenvalue weighted by Crippen LogP contribution is -2.41. The van der Waals surface area contributed by atoms with E-state index >= 15 is 0 Å². The summed E-state index contributed by atoms with van der Waals surface area (Å²) in [5.41, 5.74) is 3.96. The van der Waals surface area contributed by atoms with Crippen LogP contribution < -0.4 is 4.72 Å². The van der Waals surface area contributed by atoms with Gasteiger partial charge in [0, 0.05) is 25.7 Å². The summed E-state index contributed by atoms with van der Waals surface area (Å²) >= 11 is 7.09. The van der Waals surface area contributed by atoms with Crippen molar-refractivity contribution in [1.29, 1.82) is 0 Å². The zero-order chi connectivity index (χ0) is 22.1. The van der Waals surface area contributed by atoms with Crippen molar-refractivity contribution in [1.82, 2.24) is 9.62 Å². The maximum Gasteiger partial charge on any atom is 0.250 e. The lowest BCUT2D eigenvalue weighted by atomic mass is 9.92. The number of ether oxygens (including phenoxy) is 1. The Labute approximate surface area is 199 Å². The lowest BCUT2D eigenvalue weighted by Gasteiger charge is -2.25. The number of nitrogens with zero attached hydrogens (tertiary/aromatic N) is 1. The SMILES string of the molecule is O=S(=O)(N[C@@H]1[C@@H]2CC[C@H]1Cc1ccc(/C=C/CN3CCOCC3)cc1C2)c1ccc(Cl)s1. The van der Waals surface area contributed by atoms with Crippen molar-refractivity contribution in [3.8, 4) is 0 Å². The fraction of sp³-hybridized carbons (Fsp3) is 0.500. The molecule has 1 saturated carbocycles. The Bertz CT molecular complexity index is 1090. The van der Waals surface area contributed by atoms with Gasteiger partial charge in [-0.15, -0.1) is 11.3 Å². The topological polar surface area (TPSA) is 58.6 Å². The number of hydrogen-bond donors (Lipinski definition) is 1. The number of benzene rings is 1. The zero-order valence-electron chi connectivity index (χ0n) is 18.0. The zero-order valence-corrected chi connectivity index (χ0v) is 20.4. The van der Waals surface area contributed by atoms with Gasteiger partial charge in [0.15, 0.2) is 0 Å². The van der Waals surface area contributed by atoms with Crippen LogP contribution in [-0.2, 0) is 27.6 Å². The highest BCUT2D eigenvalue weighted by Crippen LogP contribution is 2.41. The third-order valence-corrected chi connectivity index (χ3v) is 10.2. The second-order valence-corrected chi connectivity index (χ2v) is 12.7. The number of hydrogen-bond acceptors (Lipinski definition) is 5. The van der Waals surface area contributed by atoms with Gasteiger partial charge in [-0.2, -0.15) is 0 Å². The number of fused-ring (bicyclic) bond motifs is 3. The molecule has 2 bridgehead atoms. The van der Waals surface area contributed by atoms with E-state index in [1.807, 2.05) is 0 Å². The summed E-state index contributed by atoms with van der Waals surface area (Å²) in [6.45, 7) is 4.57. The molecular formula is C24H29ClN2O3S2. The summed E-state index contributed by atoms with van der Waals surface area (Å²) in [6.07, 6.45) is 8.44. The minimum Gasteiger partial charge on any atom is -0.379 e. The van der Waals surface area contributed by atoms with Crippen LogP contribution in [0.15, 0.2) is 40.6 Å². The average Bonchev–Trinajstić information content (AvgIpc) is 3.33. The highest BCUT2D eigenvalue weighted by Gasteiger charge is 2.41. The molecular weight excluding hydrogens is 464 g/mol. The molecule has 32 heavy (non-hydrogen) atoms. The van der Waals surface area contributed by atoms with Gasteiger partial charge in [-0.05, 0) is 66.3 Å². The largest absolute Gasteiger partial charge is 0.379 e. The summed E-state index contributed by atoms with van der Waals surface area (Å²) in [7, 11) is -3.54. The monoisotopic (exact) mass is 492 g/mol. The minimum absolute atomic E-state index is 0.0198. The molecule has 3 atom stereocenters. The number of rotatable bonds is 6. The molecule has 5 nitrogen and oxygen atoms in total. The molecule has 2 heterocycles. The Morgan fingerprint density at radius 3 is 2.56 bits per heavy atom. The van der Waals surface area contributed by atoms with Crippen molar-refractivity contribution >= 4 is 39.0 Å². The van der Waals surface area contributed by atoms with Gasteiger partial charge in [0.2, 0.25) is 10.0 Å². The second-order valence-electron chi connectivity index (χ2n) is 9.05. The van der Waals surface area contributed by atoms with Gasteiger partial charge in [0.1, 0.15) is 4.21 Å². The molecule has 1 N–H and O–H groups in total. The van der Waals surface area contributed by atoms with Crippen molar-refractivity contribution in [3.63, 3.8) is 0 Å². The normalized spacial score (nSPS) is 26.3. The van der Waals surface area contributed by atoms with Crippen LogP contribution in [0.25, 0.3) is 6.08 Å². The van der Waals surface area contributed by atoms with Crippen LogP contribution in [0.4, 0.5) is 0 Å². The van der Waals surface area contributed by atoms with E-state index in [1.54, 1.807) is 12.1 Å². The fourth-order valence-corrected chi connectivity index (χ4v) is 8.20. The summed E-state index contributed by atoms with van der Waals surface area (Å²) in [5.74, 6) is 0.674. The van der Waals surface area contributed by atoms with E-state index in [4.69, 9.17) is 16.3 Å². The van der Waals surface area contributed by atoms with Crippen LogP contribution in [-0.4, -0.2) is 52.2 Å². The van der Waals surface area contributed by atoms with Gasteiger partial charge in [-0.3, -0.25) is 4.90 Å². The second kappa shape index (κ2) is 9.57. The number of sulfonamides is 1. The van der Waals surface area contributed by atoms with Gasteiger partial charge in [0.05, 0.1) is 17.6 Å². The maximum absolute atomic E-state index is 12.9. The molecule has 1 aromatic heterocycles. The molecule has 0 unspecified atom stereocenters. The summed E-state index contributed by atoms with van der Waals surface area (Å²) in [4.78, 5) is 2.40. The van der Waals surface area contributed by atoms with E-state index < -0.39 is 10.0 Å². The first kappa shape index (κ1) is 22.6. The molecule has 5 rings (SSSR count). The summed E-state index contributed by atoms with van der Waals surface area (Å²) < 4.78 is 35.1. The minimum atomic E-state index is -3.54. The van der Waals surface area contributed by atoms with Crippen LogP contribution in [0.2, 0.25) is 4.34 Å². The Kier molecular flexibility index (Phi) is 6.75. The highest BCUT2D eigenvalue weighted by molar-refractivity contribution is 7.91. The maximum atomic E-state index is 12.9. The molecule has 1 aromatic carbocycles. The van der Waals surface area contributed by atoms with Crippen molar-refractivity contribution < 1.29 is 13.2 Å². The Hall–Kier alpha value is -1.22. The van der Waals surface area contributed by atoms with Crippen molar-refractivity contribution in [3.05, 3.63) is 57.4 Å². The van der Waals surface area contributed by atoms with E-state index in [-0.39, 0.29) is 6.04 Å². The van der Waals surface area contributed by atoms with Crippen LogP contribution in [0.3, 0.4) is 0 Å². The van der Waals surface area contributed by atoms with Crippen molar-refractivity contribution in [2.24, 2.45) is 11.8 Å². The molecule has 0 amide bonds. The van der Waals surface area contributed by atoms with Crippen LogP contribution in [0.1, 0.15) is 29.5 Å². The Morgan fingerprint density at radius 1 is 1.09 bits per heavy atom. The summed E-state index contributed by atoms with van der Waals surface area (Å²) in [6, 6.07) is 9.96. The first-order chi connectivity index (χ1) is 15.5. The molecule has 2 fully saturated rings. The fourth-order valence-electron chi connectivity index (χ4n) is 5.33. The number of morpholine rings is 1. The average molecular weight is 493 g/mol. The van der Waals surface area contributed by atoms with Gasteiger partial charge < -0.3 is 4.74 Å². The van der Waals surface area contributed by atoms with E-state index in [1.165, 1.54) is 16.7 Å². The molecule has 172 valence electrons. The Morgan fingerprint density at radius 2 is 1.84 bits per heavy atom. The smallest absolute Gasteiger partial charge is 0.250 e. The van der Waals surface area contributed by atoms with Crippen molar-refractivity contribution in [2.45, 2.75) is 35.9 Å². The molecule has 1 saturated heterocycles. The molecule has 2 aromatic rings. The molecule has 8 heteroatoms. The van der Waals surface area contributed by atoms with Crippen LogP contribution >= 0.6 is 22.9 Å². The first-order valence-corrected chi connectivity index (χ1v) is 14.0. The predicted molar refractivity (Wildman–Crippen MR) is 130 cm³/mol. The number of halogens is 1. The Balaban J connectivity index is 1.28.